The first kappa shape index (κ1) is 36.5. The van der Waals surface area contributed by atoms with Gasteiger partial charge < -0.3 is 9.38 Å². The summed E-state index contributed by atoms with van der Waals surface area (Å²) >= 11 is 0. The molecule has 11 rings (SSSR count). The molecule has 0 fully saturated rings. The maximum Gasteiger partial charge on any atom is 0.333 e. The van der Waals surface area contributed by atoms with E-state index in [0.717, 1.165) is 6.42 Å². The maximum atomic E-state index is 2.74. The highest BCUT2D eigenvalue weighted by Gasteiger charge is 2.47. The number of rotatable bonds is 5. The van der Waals surface area contributed by atoms with Gasteiger partial charge >= 0.3 is 6.85 Å². The van der Waals surface area contributed by atoms with Crippen molar-refractivity contribution < 1.29 is 0 Å². The summed E-state index contributed by atoms with van der Waals surface area (Å²) in [6.45, 7) is 21.3. The van der Waals surface area contributed by atoms with E-state index in [0.29, 0.717) is 0 Å². The molecule has 0 saturated carbocycles. The summed E-state index contributed by atoms with van der Waals surface area (Å²) in [5.41, 5.74) is 21.7. The van der Waals surface area contributed by atoms with Gasteiger partial charge in [-0.2, -0.15) is 0 Å². The summed E-state index contributed by atoms with van der Waals surface area (Å²) in [4.78, 5) is 2.74. The van der Waals surface area contributed by atoms with Crippen LogP contribution in [0.1, 0.15) is 109 Å². The average Bonchev–Trinajstić information content (AvgIpc) is 3.68. The average molecular weight is 767 g/mol. The van der Waals surface area contributed by atoms with E-state index in [4.69, 9.17) is 0 Å². The van der Waals surface area contributed by atoms with Gasteiger partial charge in [-0.05, 0) is 115 Å². The number of anilines is 2. The first-order valence-corrected chi connectivity index (χ1v) is 22.1. The predicted octanol–water partition coefficient (Wildman–Crippen LogP) is 13.8. The highest BCUT2D eigenvalue weighted by atomic mass is 15.1. The Balaban J connectivity index is 1.33. The fourth-order valence-electron chi connectivity index (χ4n) is 11.2. The van der Waals surface area contributed by atoms with E-state index in [1.54, 1.807) is 0 Å². The minimum Gasteiger partial charge on any atom is -0.376 e. The van der Waals surface area contributed by atoms with E-state index >= 15 is 0 Å². The van der Waals surface area contributed by atoms with Gasteiger partial charge in [-0.1, -0.05) is 166 Å². The highest BCUT2D eigenvalue weighted by Crippen LogP contribution is 2.55. The monoisotopic (exact) mass is 766 g/mol. The second-order valence-electron chi connectivity index (χ2n) is 20.4. The summed E-state index contributed by atoms with van der Waals surface area (Å²) in [6, 6.07) is 47.8. The van der Waals surface area contributed by atoms with Crippen molar-refractivity contribution in [1.82, 2.24) is 4.57 Å². The molecule has 0 unspecified atom stereocenters. The van der Waals surface area contributed by atoms with E-state index in [1.807, 2.05) is 0 Å². The van der Waals surface area contributed by atoms with Crippen molar-refractivity contribution in [3.8, 4) is 27.9 Å². The Kier molecular flexibility index (Phi) is 7.74. The standard InChI is InChI=1S/C56H55BN2/c1-10-11-12-17-34-22-29-48-47(30-34)57-51-43(32-46(55(5,6)7)50-40-28-23-35-18-13-14-19-38(35)52(40)58(48)53(50)51)42-31-45-41(39-20-15-16-21-44(39)56(45,8)9)33-49(42)59(57)37-26-24-36(25-27-37)54(2,3)4/h13-16,18-33H,10-12,17H2,1-9H3. The molecule has 59 heavy (non-hydrogen) atoms. The van der Waals surface area contributed by atoms with Crippen molar-refractivity contribution >= 4 is 61.7 Å². The van der Waals surface area contributed by atoms with Crippen LogP contribution >= 0.6 is 0 Å². The lowest BCUT2D eigenvalue weighted by Gasteiger charge is -2.43. The Morgan fingerprint density at radius 3 is 2.12 bits per heavy atom. The van der Waals surface area contributed by atoms with Gasteiger partial charge in [-0.25, -0.2) is 0 Å². The van der Waals surface area contributed by atoms with Crippen LogP contribution in [0.3, 0.4) is 0 Å². The number of aromatic nitrogens is 1. The van der Waals surface area contributed by atoms with Gasteiger partial charge in [0.25, 0.3) is 0 Å². The van der Waals surface area contributed by atoms with Crippen LogP contribution in [0.4, 0.5) is 11.4 Å². The Hall–Kier alpha value is -5.54. The van der Waals surface area contributed by atoms with Crippen LogP contribution in [0.5, 0.6) is 0 Å². The molecule has 2 aliphatic heterocycles. The number of nitrogens with zero attached hydrogens (tertiary/aromatic N) is 2. The first-order chi connectivity index (χ1) is 28.3. The van der Waals surface area contributed by atoms with Crippen molar-refractivity contribution in [1.29, 1.82) is 0 Å². The summed E-state index contributed by atoms with van der Waals surface area (Å²) < 4.78 is 2.70. The summed E-state index contributed by atoms with van der Waals surface area (Å²) in [5, 5.41) is 5.35. The van der Waals surface area contributed by atoms with Crippen molar-refractivity contribution in [3.63, 3.8) is 0 Å². The van der Waals surface area contributed by atoms with Crippen molar-refractivity contribution in [2.45, 2.75) is 104 Å². The van der Waals surface area contributed by atoms with Crippen LogP contribution < -0.4 is 15.7 Å². The van der Waals surface area contributed by atoms with Crippen molar-refractivity contribution in [2.75, 3.05) is 4.81 Å². The van der Waals surface area contributed by atoms with Gasteiger partial charge in [-0.15, -0.1) is 0 Å². The van der Waals surface area contributed by atoms with E-state index < -0.39 is 0 Å². The number of unbranched alkanes of at least 4 members (excludes halogenated alkanes) is 2. The van der Waals surface area contributed by atoms with Crippen LogP contribution in [0, 0.1) is 0 Å². The predicted molar refractivity (Wildman–Crippen MR) is 256 cm³/mol. The number of aryl methyl sites for hydroxylation is 1. The molecule has 3 heterocycles. The van der Waals surface area contributed by atoms with E-state index in [1.165, 1.54) is 130 Å². The van der Waals surface area contributed by atoms with Crippen LogP contribution in [0.15, 0.2) is 121 Å². The van der Waals surface area contributed by atoms with Gasteiger partial charge in [0.1, 0.15) is 0 Å². The van der Waals surface area contributed by atoms with Crippen LogP contribution in [-0.4, -0.2) is 11.4 Å². The van der Waals surface area contributed by atoms with Crippen LogP contribution in [-0.2, 0) is 22.7 Å². The van der Waals surface area contributed by atoms with Gasteiger partial charge in [0.15, 0.2) is 0 Å². The van der Waals surface area contributed by atoms with Gasteiger partial charge in [-0.3, -0.25) is 0 Å². The molecule has 0 bridgehead atoms. The topological polar surface area (TPSA) is 8.17 Å². The molecule has 8 aromatic rings. The third kappa shape index (κ3) is 5.12. The second kappa shape index (κ2) is 12.5. The SMILES string of the molecule is CCCCCc1ccc2c(c1)B1c3c(cc(C(C)(C)C)c4c5ccc6ccccc6c5n-2c34)-c2cc3c(cc2N1c1ccc(C(C)(C)C)cc1)-c1ccccc1C3(C)C. The van der Waals surface area contributed by atoms with E-state index in [-0.39, 0.29) is 23.1 Å². The molecule has 2 nitrogen and oxygen atoms in total. The third-order valence-corrected chi connectivity index (χ3v) is 14.3. The molecule has 3 heteroatoms. The zero-order chi connectivity index (χ0) is 40.7. The Morgan fingerprint density at radius 2 is 1.36 bits per heavy atom. The molecule has 1 aromatic heterocycles. The summed E-state index contributed by atoms with van der Waals surface area (Å²) in [5.74, 6) is 0. The molecule has 0 N–H and O–H groups in total. The molecule has 292 valence electrons. The molecule has 1 aliphatic carbocycles. The smallest absolute Gasteiger partial charge is 0.333 e. The summed E-state index contributed by atoms with van der Waals surface area (Å²) in [6.07, 6.45) is 4.78. The second-order valence-corrected chi connectivity index (χ2v) is 20.4. The first-order valence-electron chi connectivity index (χ1n) is 22.1. The zero-order valence-electron chi connectivity index (χ0n) is 36.3. The molecule has 3 aliphatic rings. The van der Waals surface area contributed by atoms with Crippen molar-refractivity contribution in [3.05, 3.63) is 149 Å². The number of fused-ring (bicyclic) bond motifs is 13. The lowest BCUT2D eigenvalue weighted by Crippen LogP contribution is -2.60. The molecule has 0 atom stereocenters. The van der Waals surface area contributed by atoms with Crippen molar-refractivity contribution in [2.24, 2.45) is 0 Å². The fourth-order valence-corrected chi connectivity index (χ4v) is 11.2. The van der Waals surface area contributed by atoms with E-state index in [2.05, 4.69) is 193 Å². The minimum atomic E-state index is -0.112. The molecule has 0 radical (unpaired) electrons. The van der Waals surface area contributed by atoms with E-state index in [9.17, 15) is 0 Å². The number of benzene rings is 7. The summed E-state index contributed by atoms with van der Waals surface area (Å²) in [7, 11) is 0. The number of hydrogen-bond donors (Lipinski definition) is 0. The maximum absolute atomic E-state index is 2.74. The fraction of sp³-hybridized carbons (Fsp3) is 0.286. The van der Waals surface area contributed by atoms with Crippen LogP contribution in [0.25, 0.3) is 60.5 Å². The molecule has 0 saturated heterocycles. The molecule has 7 aromatic carbocycles. The largest absolute Gasteiger partial charge is 0.376 e. The van der Waals surface area contributed by atoms with Gasteiger partial charge in [0.05, 0.1) is 11.0 Å². The quantitative estimate of drug-likeness (QED) is 0.125. The Bertz CT molecular complexity index is 3050. The van der Waals surface area contributed by atoms with Crippen LogP contribution in [0.2, 0.25) is 0 Å². The number of hydrogen-bond acceptors (Lipinski definition) is 1. The van der Waals surface area contributed by atoms with Gasteiger partial charge in [0, 0.05) is 44.2 Å². The molecule has 0 spiro atoms. The van der Waals surface area contributed by atoms with Gasteiger partial charge in [0.2, 0.25) is 0 Å². The zero-order valence-corrected chi connectivity index (χ0v) is 36.3. The third-order valence-electron chi connectivity index (χ3n) is 14.3. The lowest BCUT2D eigenvalue weighted by molar-refractivity contribution is 0.590. The molecule has 0 amide bonds. The Labute approximate surface area is 351 Å². The minimum absolute atomic E-state index is 0.0126. The normalized spacial score (nSPS) is 14.9. The Morgan fingerprint density at radius 1 is 0.593 bits per heavy atom. The molecular formula is C56H55BN2. The highest BCUT2D eigenvalue weighted by molar-refractivity contribution is 6.93. The molecular weight excluding hydrogens is 711 g/mol. The lowest BCUT2D eigenvalue weighted by atomic mass is 9.43.